The molecular weight excluding hydrogens is 399 g/mol. The molecular formula is C25H19FO5. The molecule has 6 heteroatoms. The van der Waals surface area contributed by atoms with Crippen molar-refractivity contribution in [2.75, 3.05) is 0 Å². The van der Waals surface area contributed by atoms with Crippen LogP contribution in [-0.4, -0.2) is 11.9 Å². The highest BCUT2D eigenvalue weighted by Gasteiger charge is 2.09. The van der Waals surface area contributed by atoms with Crippen molar-refractivity contribution < 1.29 is 28.2 Å². The average Bonchev–Trinajstić information content (AvgIpc) is 2.76. The van der Waals surface area contributed by atoms with Gasteiger partial charge in [-0.3, -0.25) is 0 Å². The van der Waals surface area contributed by atoms with Crippen molar-refractivity contribution in [2.24, 2.45) is 0 Å². The van der Waals surface area contributed by atoms with Crippen LogP contribution in [0.4, 0.5) is 4.39 Å². The largest absolute Gasteiger partial charge is 0.459 e. The zero-order valence-electron chi connectivity index (χ0n) is 16.8. The minimum Gasteiger partial charge on any atom is -0.459 e. The molecule has 0 aliphatic carbocycles. The van der Waals surface area contributed by atoms with Gasteiger partial charge in [0.25, 0.3) is 0 Å². The number of hydrogen-bond acceptors (Lipinski definition) is 5. The van der Waals surface area contributed by atoms with Crippen molar-refractivity contribution in [1.29, 1.82) is 0 Å². The van der Waals surface area contributed by atoms with Gasteiger partial charge in [0.2, 0.25) is 0 Å². The first-order valence-corrected chi connectivity index (χ1v) is 9.23. The number of ether oxygens (including phenoxy) is 3. The molecule has 3 aromatic rings. The molecule has 0 aromatic heterocycles. The van der Waals surface area contributed by atoms with Gasteiger partial charge in [0.15, 0.2) is 11.6 Å². The second-order valence-electron chi connectivity index (χ2n) is 6.57. The number of rotatable bonds is 7. The van der Waals surface area contributed by atoms with E-state index >= 15 is 0 Å². The zero-order valence-corrected chi connectivity index (χ0v) is 16.8. The molecule has 0 saturated heterocycles. The number of carbonyl (C=O) groups excluding carboxylic acids is 2. The molecule has 0 aliphatic heterocycles. The van der Waals surface area contributed by atoms with Crippen LogP contribution < -0.4 is 9.47 Å². The van der Waals surface area contributed by atoms with E-state index < -0.39 is 17.8 Å². The lowest BCUT2D eigenvalue weighted by atomic mass is 10.0. The molecule has 0 fully saturated rings. The molecule has 0 atom stereocenters. The quantitative estimate of drug-likeness (QED) is 0.213. The molecule has 0 amide bonds. The molecule has 31 heavy (non-hydrogen) atoms. The number of carbonyl (C=O) groups is 2. The molecule has 0 heterocycles. The predicted molar refractivity (Wildman–Crippen MR) is 116 cm³/mol. The Morgan fingerprint density at radius 3 is 2.32 bits per heavy atom. The summed E-state index contributed by atoms with van der Waals surface area (Å²) in [5, 5.41) is 1.77. The van der Waals surface area contributed by atoms with Crippen LogP contribution in [0.15, 0.2) is 91.9 Å². The highest BCUT2D eigenvalue weighted by atomic mass is 19.1. The maximum Gasteiger partial charge on any atom is 0.338 e. The summed E-state index contributed by atoms with van der Waals surface area (Å²) < 4.78 is 29.4. The van der Waals surface area contributed by atoms with E-state index in [1.165, 1.54) is 12.1 Å². The Hall–Kier alpha value is -4.19. The lowest BCUT2D eigenvalue weighted by Gasteiger charge is -2.09. The number of halogens is 1. The highest BCUT2D eigenvalue weighted by molar-refractivity contribution is 5.91. The van der Waals surface area contributed by atoms with Crippen molar-refractivity contribution >= 4 is 22.7 Å². The van der Waals surface area contributed by atoms with Gasteiger partial charge < -0.3 is 14.2 Å². The fraction of sp³-hybridized carbons (Fsp3) is 0.0400. The number of esters is 2. The number of benzene rings is 3. The topological polar surface area (TPSA) is 61.8 Å². The molecule has 0 N–H and O–H groups in total. The van der Waals surface area contributed by atoms with E-state index in [1.54, 1.807) is 25.1 Å². The van der Waals surface area contributed by atoms with Crippen LogP contribution in [0, 0.1) is 5.82 Å². The third kappa shape index (κ3) is 5.45. The first kappa shape index (κ1) is 21.5. The van der Waals surface area contributed by atoms with Gasteiger partial charge in [0.1, 0.15) is 18.3 Å². The summed E-state index contributed by atoms with van der Waals surface area (Å²) in [5.41, 5.74) is 1.78. The van der Waals surface area contributed by atoms with Crippen molar-refractivity contribution in [2.45, 2.75) is 6.92 Å². The summed E-state index contributed by atoms with van der Waals surface area (Å²) >= 11 is 0. The second-order valence-corrected chi connectivity index (χ2v) is 6.57. The van der Waals surface area contributed by atoms with Gasteiger partial charge in [0.05, 0.1) is 0 Å². The molecule has 0 radical (unpaired) electrons. The van der Waals surface area contributed by atoms with E-state index in [-0.39, 0.29) is 5.75 Å². The van der Waals surface area contributed by atoms with Crippen LogP contribution in [-0.2, 0) is 14.3 Å². The van der Waals surface area contributed by atoms with E-state index in [2.05, 4.69) is 17.9 Å². The second kappa shape index (κ2) is 9.54. The average molecular weight is 418 g/mol. The molecule has 3 rings (SSSR count). The fourth-order valence-corrected chi connectivity index (χ4v) is 2.68. The summed E-state index contributed by atoms with van der Waals surface area (Å²) in [5.74, 6) is -1.29. The molecule has 0 spiro atoms. The summed E-state index contributed by atoms with van der Waals surface area (Å²) in [6, 6.07) is 15.4. The first-order chi connectivity index (χ1) is 14.9. The monoisotopic (exact) mass is 418 g/mol. The highest BCUT2D eigenvalue weighted by Crippen LogP contribution is 2.30. The summed E-state index contributed by atoms with van der Waals surface area (Å²) in [4.78, 5) is 22.6. The van der Waals surface area contributed by atoms with E-state index in [1.807, 2.05) is 24.3 Å². The minimum atomic E-state index is -0.645. The Morgan fingerprint density at radius 2 is 1.61 bits per heavy atom. The third-order valence-electron chi connectivity index (χ3n) is 4.24. The Morgan fingerprint density at radius 1 is 0.935 bits per heavy atom. The lowest BCUT2D eigenvalue weighted by molar-refractivity contribution is -0.132. The summed E-state index contributed by atoms with van der Waals surface area (Å²) in [6.45, 7) is 8.40. The van der Waals surface area contributed by atoms with Crippen LogP contribution in [0.3, 0.4) is 0 Å². The summed E-state index contributed by atoms with van der Waals surface area (Å²) in [6.07, 6.45) is 3.06. The molecule has 0 bridgehead atoms. The lowest BCUT2D eigenvalue weighted by Crippen LogP contribution is -2.07. The zero-order chi connectivity index (χ0) is 22.4. The molecule has 5 nitrogen and oxygen atoms in total. The normalized spacial score (nSPS) is 10.6. The van der Waals surface area contributed by atoms with Gasteiger partial charge in [-0.2, -0.15) is 0 Å². The molecule has 156 valence electrons. The third-order valence-corrected chi connectivity index (χ3v) is 4.24. The molecule has 0 aliphatic rings. The maximum atomic E-state index is 14.4. The van der Waals surface area contributed by atoms with Gasteiger partial charge in [-0.1, -0.05) is 37.4 Å². The smallest absolute Gasteiger partial charge is 0.338 e. The molecule has 3 aromatic carbocycles. The fourth-order valence-electron chi connectivity index (χ4n) is 2.68. The van der Waals surface area contributed by atoms with Gasteiger partial charge in [0, 0.05) is 11.6 Å². The Kier molecular flexibility index (Phi) is 6.62. The van der Waals surface area contributed by atoms with Crippen LogP contribution in [0.2, 0.25) is 0 Å². The molecule has 0 saturated carbocycles. The summed E-state index contributed by atoms with van der Waals surface area (Å²) in [7, 11) is 0. The van der Waals surface area contributed by atoms with Gasteiger partial charge in [-0.05, 0) is 59.2 Å². The number of hydrogen-bond donors (Lipinski definition) is 0. The Balaban J connectivity index is 1.77. The van der Waals surface area contributed by atoms with Crippen LogP contribution >= 0.6 is 0 Å². The molecule has 0 unspecified atom stereocenters. The van der Waals surface area contributed by atoms with Gasteiger partial charge >= 0.3 is 11.9 Å². The Labute approximate surface area is 178 Å². The van der Waals surface area contributed by atoms with E-state index in [0.29, 0.717) is 16.9 Å². The van der Waals surface area contributed by atoms with Crippen molar-refractivity contribution in [3.8, 4) is 22.6 Å². The van der Waals surface area contributed by atoms with Gasteiger partial charge in [-0.15, -0.1) is 0 Å². The Bertz CT molecular complexity index is 1210. The van der Waals surface area contributed by atoms with Crippen LogP contribution in [0.5, 0.6) is 11.5 Å². The number of fused-ring (bicyclic) bond motifs is 1. The van der Waals surface area contributed by atoms with Crippen LogP contribution in [0.25, 0.3) is 21.9 Å². The predicted octanol–water partition coefficient (Wildman–Crippen LogP) is 5.71. The van der Waals surface area contributed by atoms with Gasteiger partial charge in [-0.25, -0.2) is 14.0 Å². The first-order valence-electron chi connectivity index (χ1n) is 9.23. The maximum absolute atomic E-state index is 14.4. The van der Waals surface area contributed by atoms with E-state index in [9.17, 15) is 14.0 Å². The van der Waals surface area contributed by atoms with Crippen molar-refractivity contribution in [3.63, 3.8) is 0 Å². The van der Waals surface area contributed by atoms with Crippen molar-refractivity contribution in [3.05, 3.63) is 97.7 Å². The minimum absolute atomic E-state index is 0.0144. The van der Waals surface area contributed by atoms with Crippen LogP contribution in [0.1, 0.15) is 6.92 Å². The standard InChI is InChI=1S/C25H19FO5/c1-4-24(27)30-12-11-29-23-10-8-20(15-22(23)26)17-5-6-19-14-21(9-7-18(19)13-17)31-25(28)16(2)3/h4-15H,1-2H2,3H3. The SMILES string of the molecule is C=CC(=O)OC=COc1ccc(-c2ccc3cc(OC(=O)C(=C)C)ccc3c2)cc1F. The van der Waals surface area contributed by atoms with E-state index in [0.717, 1.165) is 34.9 Å². The van der Waals surface area contributed by atoms with Crippen molar-refractivity contribution in [1.82, 2.24) is 0 Å². The van der Waals surface area contributed by atoms with E-state index in [4.69, 9.17) is 9.47 Å².